The SMILES string of the molecule is C[C@H]1CCCN(C(=O)c2cnc3sccn3c2=O)[C@H]1CN. The molecule has 0 saturated carbocycles. The van der Waals surface area contributed by atoms with Gasteiger partial charge in [-0.25, -0.2) is 4.98 Å². The quantitative estimate of drug-likeness (QED) is 0.896. The molecule has 1 aliphatic heterocycles. The molecule has 1 saturated heterocycles. The van der Waals surface area contributed by atoms with Crippen molar-refractivity contribution in [1.29, 1.82) is 0 Å². The number of aromatic nitrogens is 2. The van der Waals surface area contributed by atoms with Crippen molar-refractivity contribution in [2.45, 2.75) is 25.8 Å². The molecular weight excluding hydrogens is 288 g/mol. The molecule has 0 aromatic carbocycles. The van der Waals surface area contributed by atoms with E-state index in [1.54, 1.807) is 16.5 Å². The summed E-state index contributed by atoms with van der Waals surface area (Å²) in [5, 5.41) is 1.78. The number of nitrogens with two attached hydrogens (primary N) is 1. The van der Waals surface area contributed by atoms with Crippen LogP contribution in [0, 0.1) is 5.92 Å². The second kappa shape index (κ2) is 5.57. The van der Waals surface area contributed by atoms with Crippen LogP contribution in [-0.4, -0.2) is 39.3 Å². The van der Waals surface area contributed by atoms with Crippen LogP contribution in [-0.2, 0) is 0 Å². The number of rotatable bonds is 2. The van der Waals surface area contributed by atoms with Crippen molar-refractivity contribution >= 4 is 22.2 Å². The molecule has 1 aliphatic rings. The van der Waals surface area contributed by atoms with Gasteiger partial charge in [-0.05, 0) is 18.8 Å². The third-order valence-corrected chi connectivity index (χ3v) is 4.96. The third kappa shape index (κ3) is 2.36. The highest BCUT2D eigenvalue weighted by Crippen LogP contribution is 2.23. The molecule has 2 aromatic heterocycles. The van der Waals surface area contributed by atoms with E-state index in [2.05, 4.69) is 11.9 Å². The Morgan fingerprint density at radius 1 is 1.57 bits per heavy atom. The van der Waals surface area contributed by atoms with Crippen LogP contribution in [0.25, 0.3) is 4.96 Å². The molecule has 2 N–H and O–H groups in total. The predicted molar refractivity (Wildman–Crippen MR) is 81.6 cm³/mol. The Bertz CT molecular complexity index is 723. The van der Waals surface area contributed by atoms with Gasteiger partial charge in [0.25, 0.3) is 11.5 Å². The fourth-order valence-corrected chi connectivity index (χ4v) is 3.66. The van der Waals surface area contributed by atoms with Crippen LogP contribution < -0.4 is 11.3 Å². The van der Waals surface area contributed by atoms with Gasteiger partial charge in [-0.2, -0.15) is 0 Å². The average molecular weight is 306 g/mol. The summed E-state index contributed by atoms with van der Waals surface area (Å²) in [6.07, 6.45) is 5.04. The molecule has 2 atom stereocenters. The van der Waals surface area contributed by atoms with E-state index in [1.807, 2.05) is 0 Å². The zero-order valence-corrected chi connectivity index (χ0v) is 12.7. The van der Waals surface area contributed by atoms with Gasteiger partial charge in [-0.3, -0.25) is 14.0 Å². The van der Waals surface area contributed by atoms with E-state index in [1.165, 1.54) is 21.9 Å². The second-order valence-corrected chi connectivity index (χ2v) is 6.33. The highest BCUT2D eigenvalue weighted by molar-refractivity contribution is 7.15. The number of carbonyl (C=O) groups excluding carboxylic acids is 1. The van der Waals surface area contributed by atoms with E-state index in [0.29, 0.717) is 24.0 Å². The zero-order valence-electron chi connectivity index (χ0n) is 11.9. The molecule has 6 nitrogen and oxygen atoms in total. The van der Waals surface area contributed by atoms with E-state index in [4.69, 9.17) is 5.73 Å². The normalized spacial score (nSPS) is 22.7. The lowest BCUT2D eigenvalue weighted by Gasteiger charge is -2.39. The molecule has 1 amide bonds. The monoisotopic (exact) mass is 306 g/mol. The third-order valence-electron chi connectivity index (χ3n) is 4.19. The molecule has 3 rings (SSSR count). The summed E-state index contributed by atoms with van der Waals surface area (Å²) in [5.74, 6) is 0.100. The summed E-state index contributed by atoms with van der Waals surface area (Å²) in [4.78, 5) is 31.7. The first kappa shape index (κ1) is 14.2. The summed E-state index contributed by atoms with van der Waals surface area (Å²) in [7, 11) is 0. The van der Waals surface area contributed by atoms with Gasteiger partial charge in [-0.1, -0.05) is 6.92 Å². The maximum Gasteiger partial charge on any atom is 0.271 e. The van der Waals surface area contributed by atoms with Crippen molar-refractivity contribution in [1.82, 2.24) is 14.3 Å². The molecule has 0 bridgehead atoms. The Morgan fingerprint density at radius 3 is 3.14 bits per heavy atom. The summed E-state index contributed by atoms with van der Waals surface area (Å²) < 4.78 is 1.42. The minimum atomic E-state index is -0.305. The highest BCUT2D eigenvalue weighted by Gasteiger charge is 2.32. The molecule has 0 unspecified atom stereocenters. The van der Waals surface area contributed by atoms with Gasteiger partial charge in [0.05, 0.1) is 0 Å². The van der Waals surface area contributed by atoms with Gasteiger partial charge in [-0.15, -0.1) is 11.3 Å². The first-order valence-corrected chi connectivity index (χ1v) is 7.97. The molecule has 1 fully saturated rings. The number of nitrogens with zero attached hydrogens (tertiary/aromatic N) is 3. The smallest absolute Gasteiger partial charge is 0.271 e. The maximum atomic E-state index is 12.7. The van der Waals surface area contributed by atoms with Gasteiger partial charge in [0.2, 0.25) is 0 Å². The van der Waals surface area contributed by atoms with Gasteiger partial charge < -0.3 is 10.6 Å². The molecular formula is C14H18N4O2S. The number of amides is 1. The summed E-state index contributed by atoms with van der Waals surface area (Å²) in [6, 6.07) is -0.00572. The Kier molecular flexibility index (Phi) is 3.77. The molecule has 2 aromatic rings. The van der Waals surface area contributed by atoms with Crippen molar-refractivity contribution < 1.29 is 4.79 Å². The van der Waals surface area contributed by atoms with Gasteiger partial charge >= 0.3 is 0 Å². The van der Waals surface area contributed by atoms with Crippen LogP contribution in [0.4, 0.5) is 0 Å². The van der Waals surface area contributed by atoms with E-state index in [9.17, 15) is 9.59 Å². The van der Waals surface area contributed by atoms with Crippen LogP contribution in [0.5, 0.6) is 0 Å². The molecule has 112 valence electrons. The highest BCUT2D eigenvalue weighted by atomic mass is 32.1. The molecule has 3 heterocycles. The van der Waals surface area contributed by atoms with Crippen molar-refractivity contribution in [3.8, 4) is 0 Å². The lowest BCUT2D eigenvalue weighted by Crippen LogP contribution is -2.52. The number of carbonyl (C=O) groups is 1. The lowest BCUT2D eigenvalue weighted by molar-refractivity contribution is 0.0530. The molecule has 0 radical (unpaired) electrons. The standard InChI is InChI=1S/C14H18N4O2S/c1-9-3-2-4-17(11(9)7-15)12(19)10-8-16-14-18(13(10)20)5-6-21-14/h5-6,8-9,11H,2-4,7,15H2,1H3/t9-,11-/m0/s1. The molecule has 0 aliphatic carbocycles. The fraction of sp³-hybridized carbons (Fsp3) is 0.500. The summed E-state index contributed by atoms with van der Waals surface area (Å²) in [5.41, 5.74) is 5.64. The van der Waals surface area contributed by atoms with Crippen LogP contribution in [0.15, 0.2) is 22.6 Å². The van der Waals surface area contributed by atoms with Crippen LogP contribution in [0.2, 0.25) is 0 Å². The zero-order chi connectivity index (χ0) is 15.0. The first-order valence-electron chi connectivity index (χ1n) is 7.09. The van der Waals surface area contributed by atoms with E-state index in [0.717, 1.165) is 12.8 Å². The van der Waals surface area contributed by atoms with Crippen LogP contribution in [0.3, 0.4) is 0 Å². The van der Waals surface area contributed by atoms with Crippen molar-refractivity contribution in [2.75, 3.05) is 13.1 Å². The Labute approximate surface area is 126 Å². The molecule has 21 heavy (non-hydrogen) atoms. The Balaban J connectivity index is 1.99. The van der Waals surface area contributed by atoms with Crippen molar-refractivity contribution in [3.05, 3.63) is 33.7 Å². The number of hydrogen-bond acceptors (Lipinski definition) is 5. The number of hydrogen-bond donors (Lipinski definition) is 1. The van der Waals surface area contributed by atoms with Gasteiger partial charge in [0, 0.05) is 36.9 Å². The maximum absolute atomic E-state index is 12.7. The number of fused-ring (bicyclic) bond motifs is 1. The predicted octanol–water partition coefficient (Wildman–Crippen LogP) is 0.955. The molecule has 7 heteroatoms. The summed E-state index contributed by atoms with van der Waals surface area (Å²) in [6.45, 7) is 3.17. The average Bonchev–Trinajstić information content (AvgIpc) is 2.96. The molecule has 0 spiro atoms. The van der Waals surface area contributed by atoms with Crippen LogP contribution >= 0.6 is 11.3 Å². The second-order valence-electron chi connectivity index (χ2n) is 5.45. The number of piperidine rings is 1. The number of likely N-dealkylation sites (tertiary alicyclic amines) is 1. The van der Waals surface area contributed by atoms with E-state index >= 15 is 0 Å². The number of thiazole rings is 1. The minimum absolute atomic E-state index is 0.00572. The fourth-order valence-electron chi connectivity index (χ4n) is 2.99. The largest absolute Gasteiger partial charge is 0.334 e. The van der Waals surface area contributed by atoms with Gasteiger partial charge in [0.1, 0.15) is 5.56 Å². The van der Waals surface area contributed by atoms with E-state index in [-0.39, 0.29) is 23.1 Å². The Morgan fingerprint density at radius 2 is 2.38 bits per heavy atom. The minimum Gasteiger partial charge on any atom is -0.334 e. The first-order chi connectivity index (χ1) is 10.1. The van der Waals surface area contributed by atoms with Crippen molar-refractivity contribution in [2.24, 2.45) is 11.7 Å². The van der Waals surface area contributed by atoms with E-state index < -0.39 is 0 Å². The lowest BCUT2D eigenvalue weighted by atomic mass is 9.90. The van der Waals surface area contributed by atoms with Crippen molar-refractivity contribution in [3.63, 3.8) is 0 Å². The van der Waals surface area contributed by atoms with Crippen LogP contribution in [0.1, 0.15) is 30.1 Å². The summed E-state index contributed by atoms with van der Waals surface area (Å²) >= 11 is 1.37. The Hall–Kier alpha value is -1.73. The van der Waals surface area contributed by atoms with Gasteiger partial charge in [0.15, 0.2) is 4.96 Å². The topological polar surface area (TPSA) is 80.7 Å².